The molecule has 1 unspecified atom stereocenters. The normalized spacial score (nSPS) is 33.3. The minimum absolute atomic E-state index is 0.0288. The van der Waals surface area contributed by atoms with Gasteiger partial charge in [0.25, 0.3) is 0 Å². The number of phosphoric acid groups is 1. The lowest BCUT2D eigenvalue weighted by Crippen LogP contribution is -2.55. The van der Waals surface area contributed by atoms with Crippen LogP contribution in [0.1, 0.15) is 149 Å². The summed E-state index contributed by atoms with van der Waals surface area (Å²) < 4.78 is 34.4. The molecule has 0 aromatic rings. The molecule has 1 fully saturated rings. The molecular formula is C43H77O16P. The van der Waals surface area contributed by atoms with Gasteiger partial charge in [-0.05, 0) is 19.3 Å². The van der Waals surface area contributed by atoms with Crippen molar-refractivity contribution in [1.29, 1.82) is 0 Å². The van der Waals surface area contributed by atoms with Gasteiger partial charge in [-0.3, -0.25) is 18.6 Å². The fourth-order valence-corrected chi connectivity index (χ4v) is 8.59. The minimum Gasteiger partial charge on any atom is -0.461 e. The SMILES string of the molecule is CCCCCCCCCCCCCCCC(=O)O[C@@H]1COC(=O)CC=CC[C@H]2[C@@H](O)[C@H](O)[C@@H](O)[C@H](OP(=O)(O)OC1)[C@H](O)[C@H](O)[C@@H](/C=C/[C@H](O)CCCCC)[C@H](O)C[C@@H]2O. The summed E-state index contributed by atoms with van der Waals surface area (Å²) >= 11 is 0. The van der Waals surface area contributed by atoms with Crippen molar-refractivity contribution in [1.82, 2.24) is 0 Å². The third-order valence-corrected chi connectivity index (χ3v) is 12.4. The summed E-state index contributed by atoms with van der Waals surface area (Å²) in [5.41, 5.74) is 0. The number of cyclic esters (lactones) is 1. The van der Waals surface area contributed by atoms with Crippen LogP contribution >= 0.6 is 7.82 Å². The van der Waals surface area contributed by atoms with E-state index in [4.69, 9.17) is 18.5 Å². The smallest absolute Gasteiger partial charge is 0.461 e. The number of unbranched alkanes of at least 4 members (excludes halogenated alkanes) is 14. The van der Waals surface area contributed by atoms with Crippen LogP contribution in [0.5, 0.6) is 0 Å². The van der Waals surface area contributed by atoms with Crippen molar-refractivity contribution in [2.24, 2.45) is 11.8 Å². The maximum Gasteiger partial charge on any atom is 0.472 e. The average molecular weight is 881 g/mol. The van der Waals surface area contributed by atoms with Crippen LogP contribution in [0.4, 0.5) is 0 Å². The van der Waals surface area contributed by atoms with Crippen LogP contribution in [0.2, 0.25) is 0 Å². The Morgan fingerprint density at radius 2 is 1.33 bits per heavy atom. The van der Waals surface area contributed by atoms with Gasteiger partial charge in [-0.1, -0.05) is 134 Å². The van der Waals surface area contributed by atoms with Crippen LogP contribution in [0.15, 0.2) is 24.3 Å². The highest BCUT2D eigenvalue weighted by molar-refractivity contribution is 7.47. The topological polar surface area (TPSA) is 270 Å². The second kappa shape index (κ2) is 30.3. The number of carbonyl (C=O) groups excluding carboxylic acids is 2. The highest BCUT2D eigenvalue weighted by Crippen LogP contribution is 2.47. The molecule has 0 aromatic carbocycles. The molecule has 0 saturated heterocycles. The molecule has 60 heavy (non-hydrogen) atoms. The number of fused-ring (bicyclic) bond motifs is 4. The van der Waals surface area contributed by atoms with Gasteiger partial charge in [-0.15, -0.1) is 0 Å². The van der Waals surface area contributed by atoms with E-state index in [0.29, 0.717) is 19.3 Å². The Morgan fingerprint density at radius 1 is 0.767 bits per heavy atom. The summed E-state index contributed by atoms with van der Waals surface area (Å²) in [5.74, 6) is -4.26. The molecule has 16 nitrogen and oxygen atoms in total. The van der Waals surface area contributed by atoms with E-state index in [-0.39, 0.29) is 19.3 Å². The number of aliphatic hydroxyl groups is 8. The van der Waals surface area contributed by atoms with Gasteiger partial charge in [0.05, 0.1) is 43.5 Å². The van der Waals surface area contributed by atoms with Gasteiger partial charge in [0.2, 0.25) is 0 Å². The van der Waals surface area contributed by atoms with Gasteiger partial charge >= 0.3 is 19.8 Å². The second-order valence-electron chi connectivity index (χ2n) is 16.5. The Bertz CT molecular complexity index is 1280. The van der Waals surface area contributed by atoms with Crippen molar-refractivity contribution in [2.75, 3.05) is 13.2 Å². The van der Waals surface area contributed by atoms with Gasteiger partial charge in [-0.25, -0.2) is 4.57 Å². The molecule has 9 N–H and O–H groups in total. The molecule has 17 heteroatoms. The summed E-state index contributed by atoms with van der Waals surface area (Å²) in [5, 5.41) is 89.5. The number of allylic oxidation sites excluding steroid dienone is 1. The van der Waals surface area contributed by atoms with E-state index in [1.165, 1.54) is 75.7 Å². The van der Waals surface area contributed by atoms with E-state index in [2.05, 4.69) is 6.92 Å². The van der Waals surface area contributed by atoms with Gasteiger partial charge in [0.15, 0.2) is 6.10 Å². The number of phosphoric ester groups is 1. The number of rotatable bonds is 21. The van der Waals surface area contributed by atoms with E-state index in [9.17, 15) is 59.9 Å². The van der Waals surface area contributed by atoms with Crippen LogP contribution < -0.4 is 0 Å². The van der Waals surface area contributed by atoms with Crippen molar-refractivity contribution < 1.29 is 78.4 Å². The molecule has 0 radical (unpaired) electrons. The van der Waals surface area contributed by atoms with Gasteiger partial charge in [0.1, 0.15) is 31.0 Å². The number of carbonyl (C=O) groups is 2. The molecule has 2 rings (SSSR count). The lowest BCUT2D eigenvalue weighted by Gasteiger charge is -2.37. The molecule has 1 aliphatic heterocycles. The van der Waals surface area contributed by atoms with E-state index in [0.717, 1.165) is 38.5 Å². The zero-order valence-electron chi connectivity index (χ0n) is 35.8. The molecule has 13 atom stereocenters. The van der Waals surface area contributed by atoms with Crippen LogP contribution in [0, 0.1) is 11.8 Å². The van der Waals surface area contributed by atoms with Crippen molar-refractivity contribution in [2.45, 2.75) is 210 Å². The fraction of sp³-hybridized carbons (Fsp3) is 0.860. The summed E-state index contributed by atoms with van der Waals surface area (Å²) in [4.78, 5) is 36.3. The predicted octanol–water partition coefficient (Wildman–Crippen LogP) is 4.43. The van der Waals surface area contributed by atoms with E-state index in [1.54, 1.807) is 0 Å². The molecule has 0 amide bonds. The Kier molecular flexibility index (Phi) is 27.5. The Hall–Kier alpha value is -1.79. The fourth-order valence-electron chi connectivity index (χ4n) is 7.62. The molecule has 1 saturated carbocycles. The number of hydrogen-bond acceptors (Lipinski definition) is 15. The molecule has 0 spiro atoms. The standard InChI is InChI=1S/C43H77O16P/c1-3-5-7-8-9-10-11-12-13-14-15-16-18-24-37(48)58-31-28-56-36(47)23-20-19-22-32-34(45)27-35(46)33(26-25-30(44)21-17-6-4-2)39(50)41(52)43(42(53)40(51)38(32)49)59-60(54,55)57-29-31/h19-20,25-26,30-35,38-46,49-53H,3-18,21-24,27-29H2,1-2H3,(H,54,55)/b20-19?,26-25+/t30-,31-,32-,33+,34+,35-,38-,39-,40+,41-,42-,43-/m1/s1. The maximum atomic E-state index is 13.4. The largest absolute Gasteiger partial charge is 0.472 e. The molecule has 2 bridgehead atoms. The number of aliphatic hydroxyl groups excluding tert-OH is 8. The molecular weight excluding hydrogens is 803 g/mol. The first kappa shape index (κ1) is 54.3. The van der Waals surface area contributed by atoms with Gasteiger partial charge < -0.3 is 55.2 Å². The Morgan fingerprint density at radius 3 is 1.95 bits per heavy atom. The van der Waals surface area contributed by atoms with Crippen molar-refractivity contribution in [3.63, 3.8) is 0 Å². The van der Waals surface area contributed by atoms with E-state index in [1.807, 2.05) is 6.92 Å². The maximum absolute atomic E-state index is 13.4. The molecule has 0 aromatic heterocycles. The lowest BCUT2D eigenvalue weighted by atomic mass is 9.83. The first-order valence-electron chi connectivity index (χ1n) is 22.4. The zero-order chi connectivity index (χ0) is 44.5. The van der Waals surface area contributed by atoms with E-state index < -0.39 is 112 Å². The minimum atomic E-state index is -5.42. The third kappa shape index (κ3) is 21.1. The van der Waals surface area contributed by atoms with Crippen molar-refractivity contribution >= 4 is 19.8 Å². The first-order valence-corrected chi connectivity index (χ1v) is 23.9. The van der Waals surface area contributed by atoms with Crippen LogP contribution in [0.25, 0.3) is 0 Å². The monoisotopic (exact) mass is 880 g/mol. The van der Waals surface area contributed by atoms with Crippen molar-refractivity contribution in [3.8, 4) is 0 Å². The summed E-state index contributed by atoms with van der Waals surface area (Å²) in [6.07, 6.45) is 2.36. The zero-order valence-corrected chi connectivity index (χ0v) is 36.7. The predicted molar refractivity (Wildman–Crippen MR) is 223 cm³/mol. The second-order valence-corrected chi connectivity index (χ2v) is 18.0. The summed E-state index contributed by atoms with van der Waals surface area (Å²) in [7, 11) is -5.42. The molecule has 1 aliphatic carbocycles. The van der Waals surface area contributed by atoms with Crippen LogP contribution in [-0.4, -0.2) is 132 Å². The Labute approximate surface area is 356 Å². The first-order chi connectivity index (χ1) is 28.6. The van der Waals surface area contributed by atoms with Gasteiger partial charge in [0, 0.05) is 24.7 Å². The molecule has 350 valence electrons. The highest BCUT2D eigenvalue weighted by Gasteiger charge is 2.49. The number of hydrogen-bond donors (Lipinski definition) is 9. The Balaban J connectivity index is 2.22. The number of esters is 2. The van der Waals surface area contributed by atoms with E-state index >= 15 is 0 Å². The highest BCUT2D eigenvalue weighted by atomic mass is 31.2. The van der Waals surface area contributed by atoms with Crippen LogP contribution in [0.3, 0.4) is 0 Å². The summed E-state index contributed by atoms with van der Waals surface area (Å²) in [6.45, 7) is 2.77. The van der Waals surface area contributed by atoms with Crippen LogP contribution in [-0.2, 0) is 32.7 Å². The average Bonchev–Trinajstić information content (AvgIpc) is 3.21. The van der Waals surface area contributed by atoms with Crippen molar-refractivity contribution in [3.05, 3.63) is 24.3 Å². The third-order valence-electron chi connectivity index (χ3n) is 11.4. The quantitative estimate of drug-likeness (QED) is 0.0334. The molecule has 2 aliphatic rings. The lowest BCUT2D eigenvalue weighted by molar-refractivity contribution is -0.167. The van der Waals surface area contributed by atoms with Gasteiger partial charge in [-0.2, -0.15) is 0 Å². The molecule has 1 heterocycles. The number of ether oxygens (including phenoxy) is 2. The summed E-state index contributed by atoms with van der Waals surface area (Å²) in [6, 6.07) is 0.